The summed E-state index contributed by atoms with van der Waals surface area (Å²) in [6.07, 6.45) is -1.09. The van der Waals surface area contributed by atoms with Crippen LogP contribution in [0.25, 0.3) is 0 Å². The molecular formula is C17H14Cl2FNO4. The van der Waals surface area contributed by atoms with Gasteiger partial charge in [-0.2, -0.15) is 0 Å². The van der Waals surface area contributed by atoms with Crippen LogP contribution < -0.4 is 10.1 Å². The summed E-state index contributed by atoms with van der Waals surface area (Å²) >= 11 is 11.7. The van der Waals surface area contributed by atoms with Gasteiger partial charge >= 0.3 is 5.97 Å². The van der Waals surface area contributed by atoms with Crippen LogP contribution >= 0.6 is 23.2 Å². The van der Waals surface area contributed by atoms with Crippen LogP contribution in [-0.4, -0.2) is 24.6 Å². The molecule has 0 bridgehead atoms. The molecule has 8 heteroatoms. The smallest absolute Gasteiger partial charge is 0.344 e. The summed E-state index contributed by atoms with van der Waals surface area (Å²) in [6.45, 7) is 0.862. The van der Waals surface area contributed by atoms with E-state index in [1.165, 1.54) is 37.3 Å². The lowest BCUT2D eigenvalue weighted by Gasteiger charge is -2.14. The number of hydrogen-bond acceptors (Lipinski definition) is 4. The zero-order valence-corrected chi connectivity index (χ0v) is 14.6. The van der Waals surface area contributed by atoms with E-state index in [2.05, 4.69) is 5.32 Å². The molecular weight excluding hydrogens is 372 g/mol. The predicted molar refractivity (Wildman–Crippen MR) is 92.5 cm³/mol. The Morgan fingerprint density at radius 1 is 1.20 bits per heavy atom. The number of hydrogen-bond donors (Lipinski definition) is 1. The average Bonchev–Trinajstić information content (AvgIpc) is 2.56. The standard InChI is InChI=1S/C17H14Cl2FNO4/c1-10(17(23)21-14-7-6-11(18)8-12(14)19)25-16(22)9-24-15-5-3-2-4-13(15)20/h2-8,10H,9H2,1H3,(H,21,23)/t10-/m0/s1. The van der Waals surface area contributed by atoms with E-state index in [1.807, 2.05) is 0 Å². The number of carbonyl (C=O) groups is 2. The van der Waals surface area contributed by atoms with Crippen molar-refractivity contribution in [2.45, 2.75) is 13.0 Å². The topological polar surface area (TPSA) is 64.6 Å². The molecule has 1 N–H and O–H groups in total. The van der Waals surface area contributed by atoms with Gasteiger partial charge in [-0.1, -0.05) is 35.3 Å². The van der Waals surface area contributed by atoms with Gasteiger partial charge in [-0.3, -0.25) is 4.79 Å². The molecule has 0 aliphatic rings. The molecule has 0 unspecified atom stereocenters. The van der Waals surface area contributed by atoms with Gasteiger partial charge in [0.05, 0.1) is 10.7 Å². The number of halogens is 3. The molecule has 1 amide bonds. The van der Waals surface area contributed by atoms with Crippen molar-refractivity contribution in [2.24, 2.45) is 0 Å². The van der Waals surface area contributed by atoms with E-state index < -0.39 is 30.4 Å². The summed E-state index contributed by atoms with van der Waals surface area (Å²) in [5.41, 5.74) is 0.335. The number of anilines is 1. The van der Waals surface area contributed by atoms with Crippen molar-refractivity contribution in [1.29, 1.82) is 0 Å². The fourth-order valence-corrected chi connectivity index (χ4v) is 2.26. The first-order valence-electron chi connectivity index (χ1n) is 7.19. The van der Waals surface area contributed by atoms with Crippen molar-refractivity contribution in [3.63, 3.8) is 0 Å². The number of ether oxygens (including phenoxy) is 2. The first kappa shape index (κ1) is 19.0. The van der Waals surface area contributed by atoms with Crippen molar-refractivity contribution < 1.29 is 23.5 Å². The molecule has 2 rings (SSSR count). The molecule has 2 aromatic carbocycles. The van der Waals surface area contributed by atoms with Crippen molar-refractivity contribution >= 4 is 40.8 Å². The van der Waals surface area contributed by atoms with Crippen molar-refractivity contribution in [3.8, 4) is 5.75 Å². The number of benzene rings is 2. The quantitative estimate of drug-likeness (QED) is 0.760. The summed E-state index contributed by atoms with van der Waals surface area (Å²) < 4.78 is 23.3. The monoisotopic (exact) mass is 385 g/mol. The summed E-state index contributed by atoms with van der Waals surface area (Å²) in [6, 6.07) is 10.2. The van der Waals surface area contributed by atoms with Crippen molar-refractivity contribution in [1.82, 2.24) is 0 Å². The van der Waals surface area contributed by atoms with Gasteiger partial charge in [-0.15, -0.1) is 0 Å². The Morgan fingerprint density at radius 3 is 2.60 bits per heavy atom. The third-order valence-corrected chi connectivity index (χ3v) is 3.60. The molecule has 0 aliphatic carbocycles. The average molecular weight is 386 g/mol. The summed E-state index contributed by atoms with van der Waals surface area (Å²) in [7, 11) is 0. The van der Waals surface area contributed by atoms with E-state index >= 15 is 0 Å². The zero-order chi connectivity index (χ0) is 18.4. The van der Waals surface area contributed by atoms with E-state index in [9.17, 15) is 14.0 Å². The second kappa shape index (κ2) is 8.69. The summed E-state index contributed by atoms with van der Waals surface area (Å²) in [4.78, 5) is 23.7. The van der Waals surface area contributed by atoms with E-state index in [0.717, 1.165) is 0 Å². The number of esters is 1. The Balaban J connectivity index is 1.85. The number of carbonyl (C=O) groups excluding carboxylic acids is 2. The number of rotatable bonds is 6. The van der Waals surface area contributed by atoms with Gasteiger partial charge in [0.1, 0.15) is 0 Å². The second-order valence-electron chi connectivity index (χ2n) is 4.96. The lowest BCUT2D eigenvalue weighted by atomic mass is 10.3. The minimum Gasteiger partial charge on any atom is -0.479 e. The molecule has 0 saturated carbocycles. The Kier molecular flexibility index (Phi) is 6.61. The number of nitrogens with one attached hydrogen (secondary N) is 1. The molecule has 0 fully saturated rings. The Labute approximate surface area is 153 Å². The van der Waals surface area contributed by atoms with Crippen LogP contribution in [0.1, 0.15) is 6.92 Å². The molecule has 2 aromatic rings. The first-order valence-corrected chi connectivity index (χ1v) is 7.95. The zero-order valence-electron chi connectivity index (χ0n) is 13.1. The van der Waals surface area contributed by atoms with Gasteiger partial charge in [-0.05, 0) is 37.3 Å². The van der Waals surface area contributed by atoms with Gasteiger partial charge in [-0.25, -0.2) is 9.18 Å². The molecule has 5 nitrogen and oxygen atoms in total. The highest BCUT2D eigenvalue weighted by Crippen LogP contribution is 2.25. The van der Waals surface area contributed by atoms with Crippen LogP contribution in [0.3, 0.4) is 0 Å². The predicted octanol–water partition coefficient (Wildman–Crippen LogP) is 4.08. The van der Waals surface area contributed by atoms with Crippen LogP contribution in [0.15, 0.2) is 42.5 Å². The lowest BCUT2D eigenvalue weighted by Crippen LogP contribution is -2.31. The van der Waals surface area contributed by atoms with Gasteiger partial charge in [0.2, 0.25) is 0 Å². The third-order valence-electron chi connectivity index (χ3n) is 3.05. The van der Waals surface area contributed by atoms with Crippen molar-refractivity contribution in [2.75, 3.05) is 11.9 Å². The van der Waals surface area contributed by atoms with Gasteiger partial charge in [0.25, 0.3) is 5.91 Å². The SMILES string of the molecule is C[C@H](OC(=O)COc1ccccc1F)C(=O)Nc1ccc(Cl)cc1Cl. The molecule has 25 heavy (non-hydrogen) atoms. The fraction of sp³-hybridized carbons (Fsp3) is 0.176. The molecule has 0 aliphatic heterocycles. The lowest BCUT2D eigenvalue weighted by molar-refractivity contribution is -0.155. The minimum atomic E-state index is -1.09. The molecule has 132 valence electrons. The number of para-hydroxylation sites is 1. The van der Waals surface area contributed by atoms with Crippen LogP contribution in [0, 0.1) is 5.82 Å². The number of amides is 1. The highest BCUT2D eigenvalue weighted by molar-refractivity contribution is 6.36. The van der Waals surface area contributed by atoms with E-state index in [1.54, 1.807) is 12.1 Å². The Morgan fingerprint density at radius 2 is 1.92 bits per heavy atom. The normalized spacial score (nSPS) is 11.5. The fourth-order valence-electron chi connectivity index (χ4n) is 1.81. The Bertz CT molecular complexity index is 785. The molecule has 0 saturated heterocycles. The molecule has 1 atom stereocenters. The van der Waals surface area contributed by atoms with Crippen LogP contribution in [0.4, 0.5) is 10.1 Å². The van der Waals surface area contributed by atoms with Crippen LogP contribution in [0.5, 0.6) is 5.75 Å². The van der Waals surface area contributed by atoms with Crippen LogP contribution in [-0.2, 0) is 14.3 Å². The minimum absolute atomic E-state index is 0.0792. The molecule has 0 aromatic heterocycles. The van der Waals surface area contributed by atoms with E-state index in [4.69, 9.17) is 32.7 Å². The molecule has 0 heterocycles. The molecule has 0 spiro atoms. The maximum absolute atomic E-state index is 13.4. The third kappa shape index (κ3) is 5.62. The van der Waals surface area contributed by atoms with E-state index in [0.29, 0.717) is 10.7 Å². The maximum Gasteiger partial charge on any atom is 0.344 e. The largest absolute Gasteiger partial charge is 0.479 e. The Hall–Kier alpha value is -2.31. The highest BCUT2D eigenvalue weighted by atomic mass is 35.5. The first-order chi connectivity index (χ1) is 11.9. The second-order valence-corrected chi connectivity index (χ2v) is 5.81. The van der Waals surface area contributed by atoms with E-state index in [-0.39, 0.29) is 10.8 Å². The maximum atomic E-state index is 13.4. The van der Waals surface area contributed by atoms with Crippen molar-refractivity contribution in [3.05, 3.63) is 58.3 Å². The summed E-state index contributed by atoms with van der Waals surface area (Å²) in [5.74, 6) is -2.07. The van der Waals surface area contributed by atoms with Gasteiger partial charge in [0, 0.05) is 5.02 Å². The van der Waals surface area contributed by atoms with Crippen LogP contribution in [0.2, 0.25) is 10.0 Å². The highest BCUT2D eigenvalue weighted by Gasteiger charge is 2.19. The summed E-state index contributed by atoms with van der Waals surface area (Å²) in [5, 5.41) is 3.19. The molecule has 0 radical (unpaired) electrons. The van der Waals surface area contributed by atoms with Gasteiger partial charge in [0.15, 0.2) is 24.3 Å². The van der Waals surface area contributed by atoms with Gasteiger partial charge < -0.3 is 14.8 Å².